The number of halogens is 4. The second-order valence-electron chi connectivity index (χ2n) is 13.6. The van der Waals surface area contributed by atoms with Crippen LogP contribution in [-0.4, -0.2) is 49.8 Å². The molecule has 1 aromatic heterocycles. The number of hydrogen-bond donors (Lipinski definition) is 1. The first-order valence-corrected chi connectivity index (χ1v) is 20.3. The molecule has 2 bridgehead atoms. The average molecular weight is 755 g/mol. The maximum Gasteiger partial charge on any atom is 0.264 e. The molecule has 6 rings (SSSR count). The van der Waals surface area contributed by atoms with Gasteiger partial charge in [-0.1, -0.05) is 72.9 Å². The SMILES string of the molecule is O=C(NS(=O)(=O)CCCCCCCCCCCl)c1ccc(N2C[C@@H]3C[C@H]2C[C@H]3OCc2c(-c3c(Cl)cccc3Cl)noc2C2CC2)c(F)c1. The van der Waals surface area contributed by atoms with E-state index in [1.54, 1.807) is 24.3 Å². The Morgan fingerprint density at radius 1 is 1.00 bits per heavy atom. The minimum absolute atomic E-state index is 0.0165. The van der Waals surface area contributed by atoms with E-state index in [4.69, 9.17) is 44.1 Å². The molecule has 266 valence electrons. The average Bonchev–Trinajstić information content (AvgIpc) is 3.52. The molecule has 2 aliphatic carbocycles. The molecule has 1 amide bonds. The molecule has 13 heteroatoms. The largest absolute Gasteiger partial charge is 0.373 e. The summed E-state index contributed by atoms with van der Waals surface area (Å²) in [7, 11) is -3.82. The Kier molecular flexibility index (Phi) is 12.1. The fourth-order valence-corrected chi connectivity index (χ4v) is 9.08. The zero-order valence-corrected chi connectivity index (χ0v) is 30.5. The number of anilines is 1. The normalized spacial score (nSPS) is 20.3. The van der Waals surface area contributed by atoms with Crippen molar-refractivity contribution in [1.82, 2.24) is 9.88 Å². The molecule has 1 saturated heterocycles. The number of sulfonamides is 1. The standard InChI is InChI=1S/C36H43Cl3FN3O5S/c37-16-7-5-3-1-2-4-6-8-17-49(45,46)42-36(44)24-14-15-31(30(40)19-24)43-21-25-18-26(43)20-32(25)47-22-27-34(41-48-35(27)23-12-13-23)33-28(38)10-9-11-29(33)39/h9-11,14-15,19,23,25-26,32H,1-8,12-13,16-18,20-22H2,(H,42,44)/t25-,26-,32+/m0/s1. The maximum absolute atomic E-state index is 15.4. The highest BCUT2D eigenvalue weighted by molar-refractivity contribution is 7.90. The number of benzene rings is 2. The molecule has 2 heterocycles. The fourth-order valence-electron chi connectivity index (χ4n) is 7.22. The lowest BCUT2D eigenvalue weighted by atomic mass is 10.0. The summed E-state index contributed by atoms with van der Waals surface area (Å²) in [4.78, 5) is 14.8. The first kappa shape index (κ1) is 36.4. The van der Waals surface area contributed by atoms with E-state index in [0.29, 0.717) is 58.4 Å². The lowest BCUT2D eigenvalue weighted by Crippen LogP contribution is -2.39. The van der Waals surface area contributed by atoms with Gasteiger partial charge in [0.05, 0.1) is 34.2 Å². The van der Waals surface area contributed by atoms with Crippen LogP contribution in [-0.2, 0) is 21.4 Å². The van der Waals surface area contributed by atoms with E-state index >= 15 is 4.39 Å². The third kappa shape index (κ3) is 8.93. The highest BCUT2D eigenvalue weighted by Crippen LogP contribution is 2.47. The molecular formula is C36H43Cl3FN3O5S. The third-order valence-electron chi connectivity index (χ3n) is 9.95. The molecule has 0 radical (unpaired) electrons. The maximum atomic E-state index is 15.4. The number of amides is 1. The van der Waals surface area contributed by atoms with E-state index in [2.05, 4.69) is 9.88 Å². The topological polar surface area (TPSA) is 102 Å². The summed E-state index contributed by atoms with van der Waals surface area (Å²) in [5, 5.41) is 5.35. The Morgan fingerprint density at radius 2 is 1.69 bits per heavy atom. The van der Waals surface area contributed by atoms with Crippen LogP contribution in [0.2, 0.25) is 10.0 Å². The zero-order chi connectivity index (χ0) is 34.5. The number of carbonyl (C=O) groups is 1. The van der Waals surface area contributed by atoms with Crippen LogP contribution in [0.5, 0.6) is 0 Å². The Bertz CT molecular complexity index is 1710. The van der Waals surface area contributed by atoms with Gasteiger partial charge in [-0.05, 0) is 68.9 Å². The van der Waals surface area contributed by atoms with Crippen molar-refractivity contribution in [3.8, 4) is 11.3 Å². The Balaban J connectivity index is 1.00. The molecule has 3 atom stereocenters. The molecule has 3 fully saturated rings. The van der Waals surface area contributed by atoms with Crippen molar-refractivity contribution in [3.05, 3.63) is 69.1 Å². The van der Waals surface area contributed by atoms with E-state index in [-0.39, 0.29) is 29.4 Å². The number of ether oxygens (including phenoxy) is 1. The summed E-state index contributed by atoms with van der Waals surface area (Å²) >= 11 is 18.7. The number of hydrogen-bond acceptors (Lipinski definition) is 7. The number of alkyl halides is 1. The molecule has 1 aliphatic heterocycles. The summed E-state index contributed by atoms with van der Waals surface area (Å²) in [6, 6.07) is 9.61. The van der Waals surface area contributed by atoms with Gasteiger partial charge in [0.15, 0.2) is 0 Å². The van der Waals surface area contributed by atoms with Gasteiger partial charge < -0.3 is 14.2 Å². The van der Waals surface area contributed by atoms with Gasteiger partial charge in [-0.15, -0.1) is 11.6 Å². The molecular weight excluding hydrogens is 712 g/mol. The minimum Gasteiger partial charge on any atom is -0.373 e. The number of piperidine rings is 1. The van der Waals surface area contributed by atoms with E-state index in [1.807, 2.05) is 4.90 Å². The van der Waals surface area contributed by atoms with E-state index < -0.39 is 21.7 Å². The van der Waals surface area contributed by atoms with Gasteiger partial charge in [0, 0.05) is 47.0 Å². The van der Waals surface area contributed by atoms with Gasteiger partial charge in [0.25, 0.3) is 5.91 Å². The van der Waals surface area contributed by atoms with Gasteiger partial charge in [0.1, 0.15) is 17.3 Å². The lowest BCUT2D eigenvalue weighted by molar-refractivity contribution is 0.0122. The number of nitrogens with zero attached hydrogens (tertiary/aromatic N) is 2. The first-order valence-electron chi connectivity index (χ1n) is 17.4. The van der Waals surface area contributed by atoms with Crippen molar-refractivity contribution in [1.29, 1.82) is 0 Å². The van der Waals surface area contributed by atoms with Crippen molar-refractivity contribution in [2.45, 2.75) is 102 Å². The second-order valence-corrected chi connectivity index (χ2v) is 16.6. The smallest absolute Gasteiger partial charge is 0.264 e. The quantitative estimate of drug-likeness (QED) is 0.102. The van der Waals surface area contributed by atoms with Crippen molar-refractivity contribution >= 4 is 56.4 Å². The Morgan fingerprint density at radius 3 is 2.33 bits per heavy atom. The second kappa shape index (κ2) is 16.3. The molecule has 0 spiro atoms. The van der Waals surface area contributed by atoms with Crippen molar-refractivity contribution < 1.29 is 26.9 Å². The van der Waals surface area contributed by atoms with Crippen LogP contribution in [0, 0.1) is 11.7 Å². The Hall–Kier alpha value is -2.37. The van der Waals surface area contributed by atoms with Gasteiger partial charge in [0.2, 0.25) is 10.0 Å². The monoisotopic (exact) mass is 753 g/mol. The number of fused-ring (bicyclic) bond motifs is 2. The number of unbranched alkanes of at least 4 members (excludes halogenated alkanes) is 7. The van der Waals surface area contributed by atoms with Crippen LogP contribution < -0.4 is 9.62 Å². The van der Waals surface area contributed by atoms with Gasteiger partial charge in [-0.3, -0.25) is 4.79 Å². The summed E-state index contributed by atoms with van der Waals surface area (Å²) in [5.41, 5.74) is 2.51. The minimum atomic E-state index is -3.82. The van der Waals surface area contributed by atoms with Crippen molar-refractivity contribution in [2.75, 3.05) is 23.1 Å². The van der Waals surface area contributed by atoms with E-state index in [0.717, 1.165) is 88.0 Å². The van der Waals surface area contributed by atoms with Crippen LogP contribution in [0.4, 0.5) is 10.1 Å². The van der Waals surface area contributed by atoms with Gasteiger partial charge >= 0.3 is 0 Å². The van der Waals surface area contributed by atoms with Crippen molar-refractivity contribution in [3.63, 3.8) is 0 Å². The lowest BCUT2D eigenvalue weighted by Gasteiger charge is -2.33. The molecule has 1 N–H and O–H groups in total. The predicted octanol–water partition coefficient (Wildman–Crippen LogP) is 9.27. The van der Waals surface area contributed by atoms with Gasteiger partial charge in [-0.2, -0.15) is 0 Å². The first-order chi connectivity index (χ1) is 23.6. The molecule has 3 aromatic rings. The van der Waals surface area contributed by atoms with E-state index in [9.17, 15) is 13.2 Å². The molecule has 3 aliphatic rings. The predicted molar refractivity (Wildman–Crippen MR) is 192 cm³/mol. The molecule has 49 heavy (non-hydrogen) atoms. The zero-order valence-electron chi connectivity index (χ0n) is 27.4. The summed E-state index contributed by atoms with van der Waals surface area (Å²) < 4.78 is 54.9. The summed E-state index contributed by atoms with van der Waals surface area (Å²) in [5.74, 6) is 0.522. The molecule has 2 aromatic carbocycles. The number of nitrogens with one attached hydrogen (secondary N) is 1. The van der Waals surface area contributed by atoms with Crippen LogP contribution in [0.15, 0.2) is 40.9 Å². The summed E-state index contributed by atoms with van der Waals surface area (Å²) in [6.07, 6.45) is 11.3. The van der Waals surface area contributed by atoms with Gasteiger partial charge in [-0.25, -0.2) is 17.5 Å². The van der Waals surface area contributed by atoms with Crippen molar-refractivity contribution in [2.24, 2.45) is 5.92 Å². The Labute approximate surface area is 303 Å². The van der Waals surface area contributed by atoms with Crippen LogP contribution >= 0.6 is 34.8 Å². The van der Waals surface area contributed by atoms with Crippen LogP contribution in [0.25, 0.3) is 11.3 Å². The summed E-state index contributed by atoms with van der Waals surface area (Å²) in [6.45, 7) is 0.929. The van der Waals surface area contributed by atoms with Crippen LogP contribution in [0.3, 0.4) is 0 Å². The molecule has 0 unspecified atom stereocenters. The molecule has 2 saturated carbocycles. The fraction of sp³-hybridized carbons (Fsp3) is 0.556. The highest BCUT2D eigenvalue weighted by Gasteiger charge is 2.46. The third-order valence-corrected chi connectivity index (χ3v) is 12.2. The van der Waals surface area contributed by atoms with E-state index in [1.165, 1.54) is 6.07 Å². The van der Waals surface area contributed by atoms with Crippen LogP contribution in [0.1, 0.15) is 105 Å². The number of aromatic nitrogens is 1. The number of rotatable bonds is 18. The number of carbonyl (C=O) groups excluding carboxylic acids is 1. The highest BCUT2D eigenvalue weighted by atomic mass is 35.5. The molecule has 8 nitrogen and oxygen atoms in total.